The lowest BCUT2D eigenvalue weighted by atomic mass is 10.1. The molecule has 2 aliphatic rings. The normalized spacial score (nSPS) is 21.5. The third-order valence-electron chi connectivity index (χ3n) is 4.35. The van der Waals surface area contributed by atoms with Crippen LogP contribution in [0, 0.1) is 0 Å². The highest BCUT2D eigenvalue weighted by Crippen LogP contribution is 2.24. The summed E-state index contributed by atoms with van der Waals surface area (Å²) in [5.74, 6) is 0.749. The summed E-state index contributed by atoms with van der Waals surface area (Å²) in [7, 11) is 0. The van der Waals surface area contributed by atoms with Crippen LogP contribution in [0.1, 0.15) is 5.69 Å². The molecular weight excluding hydrogens is 284 g/mol. The van der Waals surface area contributed by atoms with E-state index in [-0.39, 0.29) is 0 Å². The van der Waals surface area contributed by atoms with Crippen LogP contribution in [0.15, 0.2) is 28.2 Å². The minimum Gasteiger partial charge on any atom is -0.444 e. The average Bonchev–Trinajstić information content (AvgIpc) is 3.09. The average molecular weight is 304 g/mol. The molecule has 0 spiro atoms. The third kappa shape index (κ3) is 2.89. The lowest BCUT2D eigenvalue weighted by Crippen LogP contribution is -2.61. The van der Waals surface area contributed by atoms with Crippen LogP contribution in [-0.2, 0) is 6.54 Å². The Balaban J connectivity index is 1.32. The topological polar surface area (TPSA) is 44.5 Å². The van der Waals surface area contributed by atoms with Crippen LogP contribution in [0.4, 0.5) is 0 Å². The van der Waals surface area contributed by atoms with Gasteiger partial charge in [-0.2, -0.15) is 0 Å². The van der Waals surface area contributed by atoms with Gasteiger partial charge in [-0.05, 0) is 11.4 Å². The highest BCUT2D eigenvalue weighted by Gasteiger charge is 2.27. The minimum absolute atomic E-state index is 0.749. The molecule has 0 unspecified atom stereocenters. The summed E-state index contributed by atoms with van der Waals surface area (Å²) in [6.07, 6.45) is 1.80. The second-order valence-corrected chi connectivity index (χ2v) is 6.69. The summed E-state index contributed by atoms with van der Waals surface area (Å²) in [4.78, 5) is 10.8. The van der Waals surface area contributed by atoms with E-state index in [9.17, 15) is 0 Å². The lowest BCUT2D eigenvalue weighted by molar-refractivity contribution is 0.0690. The Labute approximate surface area is 128 Å². The molecule has 0 aromatic carbocycles. The van der Waals surface area contributed by atoms with Crippen LogP contribution in [-0.4, -0.2) is 60.1 Å². The number of hydrogen-bond acceptors (Lipinski definition) is 6. The van der Waals surface area contributed by atoms with E-state index >= 15 is 0 Å². The third-order valence-corrected chi connectivity index (χ3v) is 5.21. The number of hydrogen-bond donors (Lipinski definition) is 1. The summed E-state index contributed by atoms with van der Waals surface area (Å²) in [5.41, 5.74) is 1.04. The Morgan fingerprint density at radius 2 is 2.14 bits per heavy atom. The fourth-order valence-corrected chi connectivity index (χ4v) is 3.60. The van der Waals surface area contributed by atoms with Gasteiger partial charge < -0.3 is 9.73 Å². The van der Waals surface area contributed by atoms with Crippen molar-refractivity contribution < 1.29 is 4.42 Å². The highest BCUT2D eigenvalue weighted by atomic mass is 32.1. The van der Waals surface area contributed by atoms with E-state index in [0.717, 1.165) is 55.2 Å². The van der Waals surface area contributed by atoms with Crippen molar-refractivity contribution in [1.82, 2.24) is 20.1 Å². The Kier molecular flexibility index (Phi) is 3.77. The van der Waals surface area contributed by atoms with Gasteiger partial charge in [0.25, 0.3) is 0 Å². The molecular formula is C15H20N4OS. The molecule has 1 N–H and O–H groups in total. The molecule has 2 aliphatic heterocycles. The van der Waals surface area contributed by atoms with E-state index in [1.54, 1.807) is 17.6 Å². The van der Waals surface area contributed by atoms with E-state index in [1.165, 1.54) is 13.1 Å². The molecule has 21 heavy (non-hydrogen) atoms. The van der Waals surface area contributed by atoms with Gasteiger partial charge in [-0.15, -0.1) is 11.3 Å². The summed E-state index contributed by atoms with van der Waals surface area (Å²) in [5, 5.41) is 5.40. The Bertz CT molecular complexity index is 570. The van der Waals surface area contributed by atoms with Gasteiger partial charge >= 0.3 is 0 Å². The van der Waals surface area contributed by atoms with Gasteiger partial charge in [0.1, 0.15) is 6.26 Å². The molecule has 5 nitrogen and oxygen atoms in total. The van der Waals surface area contributed by atoms with Crippen molar-refractivity contribution in [3.05, 3.63) is 29.5 Å². The maximum absolute atomic E-state index is 5.59. The predicted molar refractivity (Wildman–Crippen MR) is 83.3 cm³/mol. The van der Waals surface area contributed by atoms with Crippen molar-refractivity contribution in [2.24, 2.45) is 0 Å². The molecule has 0 bridgehead atoms. The first-order valence-electron chi connectivity index (χ1n) is 7.54. The van der Waals surface area contributed by atoms with E-state index in [0.29, 0.717) is 0 Å². The Morgan fingerprint density at radius 1 is 1.29 bits per heavy atom. The molecule has 4 rings (SSSR count). The van der Waals surface area contributed by atoms with Crippen molar-refractivity contribution in [3.8, 4) is 10.8 Å². The van der Waals surface area contributed by atoms with Crippen LogP contribution >= 0.6 is 11.3 Å². The fourth-order valence-electron chi connectivity index (χ4n) is 2.94. The molecule has 112 valence electrons. The van der Waals surface area contributed by atoms with Crippen LogP contribution in [0.2, 0.25) is 0 Å². The van der Waals surface area contributed by atoms with E-state index < -0.39 is 0 Å². The number of oxazole rings is 1. The van der Waals surface area contributed by atoms with Gasteiger partial charge in [0.15, 0.2) is 0 Å². The van der Waals surface area contributed by atoms with Gasteiger partial charge in [0.05, 0.1) is 10.6 Å². The Morgan fingerprint density at radius 3 is 2.81 bits per heavy atom. The standard InChI is InChI=1S/C15H20N4OS/c1-2-14(21-7-1)15-17-12(11-20-15)10-18-3-5-19(6-4-18)13-8-16-9-13/h1-2,7,11,13,16H,3-6,8-10H2. The molecule has 0 atom stereocenters. The van der Waals surface area contributed by atoms with Crippen LogP contribution in [0.3, 0.4) is 0 Å². The van der Waals surface area contributed by atoms with Crippen molar-refractivity contribution in [2.45, 2.75) is 12.6 Å². The van der Waals surface area contributed by atoms with Crippen LogP contribution < -0.4 is 5.32 Å². The molecule has 2 aromatic rings. The van der Waals surface area contributed by atoms with E-state index in [1.807, 2.05) is 17.5 Å². The van der Waals surface area contributed by atoms with Crippen molar-refractivity contribution in [1.29, 1.82) is 0 Å². The summed E-state index contributed by atoms with van der Waals surface area (Å²) >= 11 is 1.67. The smallest absolute Gasteiger partial charge is 0.236 e. The SMILES string of the molecule is c1csc(-c2nc(CN3CCN(C4CNC4)CC3)co2)c1. The molecule has 2 fully saturated rings. The number of thiophene rings is 1. The van der Waals surface area contributed by atoms with Gasteiger partial charge in [0.2, 0.25) is 5.89 Å². The molecule has 0 radical (unpaired) electrons. The van der Waals surface area contributed by atoms with Crippen molar-refractivity contribution in [3.63, 3.8) is 0 Å². The molecule has 6 heteroatoms. The lowest BCUT2D eigenvalue weighted by Gasteiger charge is -2.43. The second kappa shape index (κ2) is 5.88. The van der Waals surface area contributed by atoms with E-state index in [4.69, 9.17) is 4.42 Å². The number of nitrogens with zero attached hydrogens (tertiary/aromatic N) is 3. The van der Waals surface area contributed by atoms with Crippen LogP contribution in [0.25, 0.3) is 10.8 Å². The highest BCUT2D eigenvalue weighted by molar-refractivity contribution is 7.13. The van der Waals surface area contributed by atoms with Gasteiger partial charge in [0, 0.05) is 51.9 Å². The van der Waals surface area contributed by atoms with Gasteiger partial charge in [-0.3, -0.25) is 9.80 Å². The van der Waals surface area contributed by atoms with Crippen molar-refractivity contribution >= 4 is 11.3 Å². The van der Waals surface area contributed by atoms with Crippen molar-refractivity contribution in [2.75, 3.05) is 39.3 Å². The van der Waals surface area contributed by atoms with Crippen LogP contribution in [0.5, 0.6) is 0 Å². The zero-order chi connectivity index (χ0) is 14.1. The van der Waals surface area contributed by atoms with Gasteiger partial charge in [-0.1, -0.05) is 6.07 Å². The largest absolute Gasteiger partial charge is 0.444 e. The molecule has 4 heterocycles. The predicted octanol–water partition coefficient (Wildman–Crippen LogP) is 1.49. The zero-order valence-electron chi connectivity index (χ0n) is 12.0. The molecule has 2 aromatic heterocycles. The first-order valence-corrected chi connectivity index (χ1v) is 8.42. The minimum atomic E-state index is 0.749. The number of aromatic nitrogens is 1. The number of nitrogens with one attached hydrogen (secondary N) is 1. The quantitative estimate of drug-likeness (QED) is 0.927. The summed E-state index contributed by atoms with van der Waals surface area (Å²) in [6, 6.07) is 4.84. The molecule has 0 amide bonds. The summed E-state index contributed by atoms with van der Waals surface area (Å²) < 4.78 is 5.59. The first-order chi connectivity index (χ1) is 10.4. The maximum Gasteiger partial charge on any atom is 0.236 e. The molecule has 0 saturated carbocycles. The van der Waals surface area contributed by atoms with E-state index in [2.05, 4.69) is 20.1 Å². The number of rotatable bonds is 4. The first kappa shape index (κ1) is 13.5. The monoisotopic (exact) mass is 304 g/mol. The fraction of sp³-hybridized carbons (Fsp3) is 0.533. The maximum atomic E-state index is 5.59. The Hall–Kier alpha value is -1.21. The second-order valence-electron chi connectivity index (χ2n) is 5.75. The molecule has 2 saturated heterocycles. The van der Waals surface area contributed by atoms with Gasteiger partial charge in [-0.25, -0.2) is 4.98 Å². The summed E-state index contributed by atoms with van der Waals surface area (Å²) in [6.45, 7) is 7.80. The number of piperazine rings is 1. The zero-order valence-corrected chi connectivity index (χ0v) is 12.8. The molecule has 0 aliphatic carbocycles.